The summed E-state index contributed by atoms with van der Waals surface area (Å²) < 4.78 is 7.57. The van der Waals surface area contributed by atoms with Crippen molar-refractivity contribution in [2.45, 2.75) is 39.4 Å². The lowest BCUT2D eigenvalue weighted by atomic mass is 10.2. The van der Waals surface area contributed by atoms with Gasteiger partial charge in [-0.25, -0.2) is 9.36 Å². The Labute approximate surface area is 126 Å². The maximum Gasteiger partial charge on any atom is 0.419 e. The number of fused-ring (bicyclic) bond motifs is 1. The molecule has 0 saturated carbocycles. The molecule has 2 rings (SSSR count). The monoisotopic (exact) mass is 339 g/mol. The summed E-state index contributed by atoms with van der Waals surface area (Å²) in [5, 5.41) is 10.8. The molecule has 4 nitrogen and oxygen atoms in total. The SMILES string of the molecule is C[C@H](O)c1c(Br)c2ccccc2n1C(=O)OC(C)(C)C. The maximum absolute atomic E-state index is 12.4. The summed E-state index contributed by atoms with van der Waals surface area (Å²) in [6.45, 7) is 7.06. The van der Waals surface area contributed by atoms with Gasteiger partial charge in [0.1, 0.15) is 5.60 Å². The van der Waals surface area contributed by atoms with Gasteiger partial charge in [0.2, 0.25) is 0 Å². The van der Waals surface area contributed by atoms with Crippen molar-refractivity contribution < 1.29 is 14.6 Å². The van der Waals surface area contributed by atoms with Gasteiger partial charge in [0.15, 0.2) is 0 Å². The zero-order chi connectivity index (χ0) is 15.1. The van der Waals surface area contributed by atoms with Gasteiger partial charge >= 0.3 is 6.09 Å². The van der Waals surface area contributed by atoms with Crippen molar-refractivity contribution in [2.75, 3.05) is 0 Å². The third-order valence-corrected chi connectivity index (χ3v) is 3.65. The van der Waals surface area contributed by atoms with Crippen LogP contribution >= 0.6 is 15.9 Å². The molecule has 1 heterocycles. The number of rotatable bonds is 1. The van der Waals surface area contributed by atoms with E-state index in [9.17, 15) is 9.90 Å². The van der Waals surface area contributed by atoms with Crippen LogP contribution in [0, 0.1) is 0 Å². The first-order valence-corrected chi connectivity index (χ1v) is 7.22. The molecule has 0 fully saturated rings. The third-order valence-electron chi connectivity index (χ3n) is 2.82. The molecular weight excluding hydrogens is 322 g/mol. The fourth-order valence-corrected chi connectivity index (χ4v) is 2.94. The highest BCUT2D eigenvalue weighted by Gasteiger charge is 2.26. The molecule has 0 amide bonds. The molecule has 0 aliphatic heterocycles. The fourth-order valence-electron chi connectivity index (χ4n) is 2.09. The van der Waals surface area contributed by atoms with Crippen molar-refractivity contribution in [1.82, 2.24) is 4.57 Å². The summed E-state index contributed by atoms with van der Waals surface area (Å²) >= 11 is 3.46. The van der Waals surface area contributed by atoms with Crippen molar-refractivity contribution in [3.8, 4) is 0 Å². The minimum Gasteiger partial charge on any atom is -0.443 e. The van der Waals surface area contributed by atoms with E-state index in [2.05, 4.69) is 15.9 Å². The highest BCUT2D eigenvalue weighted by atomic mass is 79.9. The lowest BCUT2D eigenvalue weighted by Crippen LogP contribution is -2.28. The topological polar surface area (TPSA) is 51.5 Å². The first kappa shape index (κ1) is 15.1. The van der Waals surface area contributed by atoms with Gasteiger partial charge in [-0.2, -0.15) is 0 Å². The number of aliphatic hydroxyl groups excluding tert-OH is 1. The summed E-state index contributed by atoms with van der Waals surface area (Å²) in [6, 6.07) is 7.46. The molecule has 5 heteroatoms. The Morgan fingerprint density at radius 3 is 2.50 bits per heavy atom. The van der Waals surface area contributed by atoms with Gasteiger partial charge in [-0.1, -0.05) is 18.2 Å². The van der Waals surface area contributed by atoms with Gasteiger partial charge < -0.3 is 9.84 Å². The lowest BCUT2D eigenvalue weighted by molar-refractivity contribution is 0.0524. The molecule has 20 heavy (non-hydrogen) atoms. The molecule has 0 aliphatic rings. The van der Waals surface area contributed by atoms with Crippen molar-refractivity contribution in [1.29, 1.82) is 0 Å². The van der Waals surface area contributed by atoms with Gasteiger partial charge in [0.05, 0.1) is 17.3 Å². The van der Waals surface area contributed by atoms with Crippen molar-refractivity contribution in [3.63, 3.8) is 0 Å². The van der Waals surface area contributed by atoms with E-state index in [1.54, 1.807) is 6.92 Å². The van der Waals surface area contributed by atoms with E-state index >= 15 is 0 Å². The Hall–Kier alpha value is -1.33. The predicted molar refractivity (Wildman–Crippen MR) is 81.9 cm³/mol. The largest absolute Gasteiger partial charge is 0.443 e. The first-order chi connectivity index (χ1) is 9.22. The van der Waals surface area contributed by atoms with Gasteiger partial charge in [-0.05, 0) is 49.7 Å². The van der Waals surface area contributed by atoms with Gasteiger partial charge in [0.25, 0.3) is 0 Å². The van der Waals surface area contributed by atoms with Crippen LogP contribution in [0.2, 0.25) is 0 Å². The van der Waals surface area contributed by atoms with E-state index in [1.165, 1.54) is 4.57 Å². The van der Waals surface area contributed by atoms with Crippen LogP contribution in [0.15, 0.2) is 28.7 Å². The van der Waals surface area contributed by atoms with Gasteiger partial charge in [0, 0.05) is 9.86 Å². The smallest absolute Gasteiger partial charge is 0.419 e. The normalized spacial score (nSPS) is 13.5. The Balaban J connectivity index is 2.67. The zero-order valence-electron chi connectivity index (χ0n) is 12.0. The number of halogens is 1. The molecule has 0 spiro atoms. The third kappa shape index (κ3) is 2.74. The highest BCUT2D eigenvalue weighted by Crippen LogP contribution is 2.35. The van der Waals surface area contributed by atoms with Crippen LogP contribution in [0.25, 0.3) is 10.9 Å². The Morgan fingerprint density at radius 2 is 1.95 bits per heavy atom. The molecule has 1 aromatic heterocycles. The van der Waals surface area contributed by atoms with Crippen LogP contribution in [-0.4, -0.2) is 21.4 Å². The number of carbonyl (C=O) groups is 1. The maximum atomic E-state index is 12.4. The van der Waals surface area contributed by atoms with Crippen LogP contribution in [-0.2, 0) is 4.74 Å². The second-order valence-corrected chi connectivity index (χ2v) is 6.50. The van der Waals surface area contributed by atoms with Crippen LogP contribution in [0.5, 0.6) is 0 Å². The molecule has 0 bridgehead atoms. The summed E-state index contributed by atoms with van der Waals surface area (Å²) in [5.74, 6) is 0. The number of ether oxygens (including phenoxy) is 1. The Bertz CT molecular complexity index is 653. The number of aromatic nitrogens is 1. The molecule has 2 aromatic rings. The minimum atomic E-state index is -0.788. The van der Waals surface area contributed by atoms with E-state index in [0.29, 0.717) is 15.7 Å². The van der Waals surface area contributed by atoms with Crippen LogP contribution in [0.4, 0.5) is 4.79 Å². The number of carbonyl (C=O) groups excluding carboxylic acids is 1. The van der Waals surface area contributed by atoms with Crippen molar-refractivity contribution >= 4 is 32.9 Å². The summed E-state index contributed by atoms with van der Waals surface area (Å²) in [7, 11) is 0. The molecule has 0 radical (unpaired) electrons. The number of hydrogen-bond donors (Lipinski definition) is 1. The molecule has 1 N–H and O–H groups in total. The molecule has 1 atom stereocenters. The Kier molecular flexibility index (Phi) is 3.93. The average Bonchev–Trinajstić information content (AvgIpc) is 2.61. The molecule has 0 saturated heterocycles. The predicted octanol–water partition coefficient (Wildman–Crippen LogP) is 4.24. The zero-order valence-corrected chi connectivity index (χ0v) is 13.6. The highest BCUT2D eigenvalue weighted by molar-refractivity contribution is 9.10. The fraction of sp³-hybridized carbons (Fsp3) is 0.400. The second-order valence-electron chi connectivity index (χ2n) is 5.71. The van der Waals surface area contributed by atoms with E-state index < -0.39 is 17.8 Å². The minimum absolute atomic E-state index is 0.490. The number of para-hydroxylation sites is 1. The molecule has 108 valence electrons. The quantitative estimate of drug-likeness (QED) is 0.845. The molecular formula is C15H18BrNO3. The number of benzene rings is 1. The number of hydrogen-bond acceptors (Lipinski definition) is 3. The summed E-state index contributed by atoms with van der Waals surface area (Å²) in [4.78, 5) is 12.4. The standard InChI is InChI=1S/C15H18BrNO3/c1-9(18)13-12(16)10-7-5-6-8-11(10)17(13)14(19)20-15(2,3)4/h5-9,18H,1-4H3/t9-/m0/s1. The summed E-state index contributed by atoms with van der Waals surface area (Å²) in [6.07, 6.45) is -1.28. The number of nitrogens with zero attached hydrogens (tertiary/aromatic N) is 1. The average molecular weight is 340 g/mol. The van der Waals surface area contributed by atoms with Crippen molar-refractivity contribution in [2.24, 2.45) is 0 Å². The van der Waals surface area contributed by atoms with E-state index in [4.69, 9.17) is 4.74 Å². The Morgan fingerprint density at radius 1 is 1.35 bits per heavy atom. The van der Waals surface area contributed by atoms with E-state index in [1.807, 2.05) is 45.0 Å². The van der Waals surface area contributed by atoms with Crippen LogP contribution < -0.4 is 0 Å². The first-order valence-electron chi connectivity index (χ1n) is 6.42. The molecule has 0 aliphatic carbocycles. The number of aliphatic hydroxyl groups is 1. The van der Waals surface area contributed by atoms with E-state index in [0.717, 1.165) is 5.39 Å². The van der Waals surface area contributed by atoms with Crippen molar-refractivity contribution in [3.05, 3.63) is 34.4 Å². The van der Waals surface area contributed by atoms with Crippen LogP contribution in [0.1, 0.15) is 39.5 Å². The van der Waals surface area contributed by atoms with Gasteiger partial charge in [-0.3, -0.25) is 0 Å². The van der Waals surface area contributed by atoms with E-state index in [-0.39, 0.29) is 0 Å². The molecule has 1 aromatic carbocycles. The second kappa shape index (κ2) is 5.22. The summed E-state index contributed by atoms with van der Waals surface area (Å²) in [5.41, 5.74) is 0.621. The molecule has 0 unspecified atom stereocenters. The van der Waals surface area contributed by atoms with Crippen LogP contribution in [0.3, 0.4) is 0 Å². The lowest BCUT2D eigenvalue weighted by Gasteiger charge is -2.21. The van der Waals surface area contributed by atoms with Gasteiger partial charge in [-0.15, -0.1) is 0 Å².